The second-order valence-electron chi connectivity index (χ2n) is 8.40. The van der Waals surface area contributed by atoms with Gasteiger partial charge in [-0.1, -0.05) is 33.8 Å². The van der Waals surface area contributed by atoms with Gasteiger partial charge in [-0.25, -0.2) is 14.6 Å². The second-order valence-corrected chi connectivity index (χ2v) is 8.40. The highest BCUT2D eigenvalue weighted by molar-refractivity contribution is 6.08. The van der Waals surface area contributed by atoms with Gasteiger partial charge in [-0.3, -0.25) is 10.1 Å². The summed E-state index contributed by atoms with van der Waals surface area (Å²) in [4.78, 5) is 43.2. The molecule has 0 saturated heterocycles. The van der Waals surface area contributed by atoms with Gasteiger partial charge in [-0.05, 0) is 51.8 Å². The van der Waals surface area contributed by atoms with Crippen molar-refractivity contribution in [3.8, 4) is 0 Å². The first-order valence-electron chi connectivity index (χ1n) is 11.5. The molecule has 1 aromatic carbocycles. The molecule has 0 aromatic heterocycles. The Hall–Kier alpha value is -3.16. The molecule has 2 N–H and O–H groups in total. The Morgan fingerprint density at radius 1 is 1.12 bits per heavy atom. The summed E-state index contributed by atoms with van der Waals surface area (Å²) >= 11 is 0. The van der Waals surface area contributed by atoms with Crippen molar-refractivity contribution < 1.29 is 24.2 Å². The van der Waals surface area contributed by atoms with Crippen molar-refractivity contribution in [3.05, 3.63) is 34.9 Å². The van der Waals surface area contributed by atoms with Gasteiger partial charge in [0.25, 0.3) is 0 Å². The molecule has 0 radical (unpaired) electrons. The summed E-state index contributed by atoms with van der Waals surface area (Å²) in [5.74, 6) is -0.984. The van der Waals surface area contributed by atoms with Gasteiger partial charge in [0.15, 0.2) is 0 Å². The van der Waals surface area contributed by atoms with Crippen LogP contribution in [0.25, 0.3) is 6.08 Å². The van der Waals surface area contributed by atoms with Crippen molar-refractivity contribution in [1.82, 2.24) is 10.2 Å². The van der Waals surface area contributed by atoms with E-state index in [1.165, 1.54) is 12.1 Å². The number of carboxylic acids is 1. The lowest BCUT2D eigenvalue weighted by atomic mass is 10.0. The van der Waals surface area contributed by atoms with Crippen LogP contribution in [0, 0.1) is 0 Å². The number of carbonyl (C=O) groups excluding carboxylic acids is 2. The lowest BCUT2D eigenvalue weighted by Gasteiger charge is -2.23. The van der Waals surface area contributed by atoms with Gasteiger partial charge >= 0.3 is 12.1 Å². The fourth-order valence-corrected chi connectivity index (χ4v) is 3.19. The molecule has 1 aliphatic rings. The Bertz CT molecular complexity index is 907. The lowest BCUT2D eigenvalue weighted by Crippen LogP contribution is -2.38. The average molecular weight is 460 g/mol. The molecule has 8 heteroatoms. The minimum atomic E-state index is -1.08. The maximum absolute atomic E-state index is 13.2. The number of alkyl carbamates (subject to hydrolysis) is 1. The number of benzene rings is 1. The molecule has 0 unspecified atom stereocenters. The van der Waals surface area contributed by atoms with Crippen LogP contribution < -0.4 is 5.32 Å². The number of aliphatic imine (C=N–C) groups is 1. The SMILES string of the molecule is CC.CCCN(CCC)C(=O)C1=Cc2ccc(C(=O)O)cc2N=C(NC(=O)OC(C)(C)C)C1. The Balaban J connectivity index is 0.00000265. The van der Waals surface area contributed by atoms with Gasteiger partial charge in [0.05, 0.1) is 11.3 Å². The number of amides is 2. The van der Waals surface area contributed by atoms with E-state index in [2.05, 4.69) is 10.3 Å². The molecule has 0 spiro atoms. The molecule has 0 atom stereocenters. The standard InChI is InChI=1S/C23H31N3O5.C2H6/c1-6-10-26(11-7-2)20(27)17-12-15-8-9-16(21(28)29)13-18(15)24-19(14-17)25-22(30)31-23(3,4)5;1-2/h8-9,12-13H,6-7,10-11,14H2,1-5H3,(H,28,29)(H,24,25,30);1-2H3. The third kappa shape index (κ3) is 8.71. The first-order chi connectivity index (χ1) is 15.5. The molecule has 1 aromatic rings. The van der Waals surface area contributed by atoms with Crippen molar-refractivity contribution in [1.29, 1.82) is 0 Å². The van der Waals surface area contributed by atoms with Crippen LogP contribution in [0.4, 0.5) is 10.5 Å². The molecule has 0 fully saturated rings. The second kappa shape index (κ2) is 12.8. The van der Waals surface area contributed by atoms with E-state index < -0.39 is 17.7 Å². The van der Waals surface area contributed by atoms with Crippen molar-refractivity contribution in [2.24, 2.45) is 4.99 Å². The maximum Gasteiger partial charge on any atom is 0.413 e. The van der Waals surface area contributed by atoms with Crippen molar-refractivity contribution in [2.75, 3.05) is 13.1 Å². The van der Waals surface area contributed by atoms with Gasteiger partial charge in [0.1, 0.15) is 11.4 Å². The summed E-state index contributed by atoms with van der Waals surface area (Å²) in [7, 11) is 0. The minimum Gasteiger partial charge on any atom is -0.478 e. The highest BCUT2D eigenvalue weighted by Gasteiger charge is 2.24. The van der Waals surface area contributed by atoms with Gasteiger partial charge in [-0.2, -0.15) is 0 Å². The molecule has 1 aliphatic heterocycles. The van der Waals surface area contributed by atoms with E-state index in [4.69, 9.17) is 4.74 Å². The summed E-state index contributed by atoms with van der Waals surface area (Å²) in [5.41, 5.74) is 0.824. The van der Waals surface area contributed by atoms with Crippen LogP contribution in [0.1, 0.15) is 83.7 Å². The van der Waals surface area contributed by atoms with Crippen LogP contribution in [-0.4, -0.2) is 52.5 Å². The van der Waals surface area contributed by atoms with Crippen molar-refractivity contribution in [3.63, 3.8) is 0 Å². The van der Waals surface area contributed by atoms with E-state index in [0.29, 0.717) is 29.9 Å². The van der Waals surface area contributed by atoms with Gasteiger partial charge in [0, 0.05) is 30.6 Å². The Kier molecular flexibility index (Phi) is 10.8. The number of hydrogen-bond acceptors (Lipinski definition) is 5. The molecule has 0 aliphatic carbocycles. The summed E-state index contributed by atoms with van der Waals surface area (Å²) < 4.78 is 5.31. The van der Waals surface area contributed by atoms with Crippen LogP contribution in [0.2, 0.25) is 0 Å². The predicted octanol–water partition coefficient (Wildman–Crippen LogP) is 5.40. The maximum atomic E-state index is 13.2. The monoisotopic (exact) mass is 459 g/mol. The molecular formula is C25H37N3O5. The van der Waals surface area contributed by atoms with E-state index in [9.17, 15) is 19.5 Å². The fraction of sp³-hybridized carbons (Fsp3) is 0.520. The number of carboxylic acid groups (broad SMARTS) is 1. The number of amidine groups is 1. The Morgan fingerprint density at radius 2 is 1.73 bits per heavy atom. The van der Waals surface area contributed by atoms with Crippen LogP contribution in [-0.2, 0) is 9.53 Å². The molecule has 0 saturated carbocycles. The van der Waals surface area contributed by atoms with E-state index in [1.54, 1.807) is 37.8 Å². The van der Waals surface area contributed by atoms with E-state index in [0.717, 1.165) is 12.8 Å². The van der Waals surface area contributed by atoms with E-state index in [-0.39, 0.29) is 23.7 Å². The summed E-state index contributed by atoms with van der Waals surface area (Å²) in [6, 6.07) is 4.52. The third-order valence-corrected chi connectivity index (χ3v) is 4.41. The number of rotatable bonds is 6. The lowest BCUT2D eigenvalue weighted by molar-refractivity contribution is -0.127. The number of aromatic carboxylic acids is 1. The first-order valence-corrected chi connectivity index (χ1v) is 11.5. The smallest absolute Gasteiger partial charge is 0.413 e. The average Bonchev–Trinajstić information content (AvgIpc) is 2.91. The fourth-order valence-electron chi connectivity index (χ4n) is 3.19. The highest BCUT2D eigenvalue weighted by Crippen LogP contribution is 2.29. The van der Waals surface area contributed by atoms with E-state index in [1.807, 2.05) is 27.7 Å². The number of nitrogens with one attached hydrogen (secondary N) is 1. The Labute approximate surface area is 196 Å². The number of nitrogens with zero attached hydrogens (tertiary/aromatic N) is 2. The molecular weight excluding hydrogens is 422 g/mol. The molecule has 8 nitrogen and oxygen atoms in total. The van der Waals surface area contributed by atoms with E-state index >= 15 is 0 Å². The zero-order valence-corrected chi connectivity index (χ0v) is 20.8. The summed E-state index contributed by atoms with van der Waals surface area (Å²) in [5, 5.41) is 11.9. The normalized spacial score (nSPS) is 12.7. The topological polar surface area (TPSA) is 108 Å². The van der Waals surface area contributed by atoms with Crippen LogP contribution in [0.3, 0.4) is 0 Å². The highest BCUT2D eigenvalue weighted by atomic mass is 16.6. The largest absolute Gasteiger partial charge is 0.478 e. The van der Waals surface area contributed by atoms with Gasteiger partial charge in [0.2, 0.25) is 5.91 Å². The van der Waals surface area contributed by atoms with Crippen LogP contribution >= 0.6 is 0 Å². The van der Waals surface area contributed by atoms with Crippen LogP contribution in [0.15, 0.2) is 28.8 Å². The predicted molar refractivity (Wildman–Crippen MR) is 131 cm³/mol. The number of ether oxygens (including phenoxy) is 1. The molecule has 0 bridgehead atoms. The van der Waals surface area contributed by atoms with Gasteiger partial charge in [-0.15, -0.1) is 0 Å². The molecule has 2 rings (SSSR count). The molecule has 182 valence electrons. The molecule has 33 heavy (non-hydrogen) atoms. The third-order valence-electron chi connectivity index (χ3n) is 4.41. The quantitative estimate of drug-likeness (QED) is 0.592. The van der Waals surface area contributed by atoms with Crippen molar-refractivity contribution in [2.45, 2.75) is 73.3 Å². The molecule has 2 amide bonds. The number of fused-ring (bicyclic) bond motifs is 1. The van der Waals surface area contributed by atoms with Crippen molar-refractivity contribution >= 4 is 35.6 Å². The zero-order valence-electron chi connectivity index (χ0n) is 20.8. The van der Waals surface area contributed by atoms with Crippen LogP contribution in [0.5, 0.6) is 0 Å². The number of hydrogen-bond donors (Lipinski definition) is 2. The summed E-state index contributed by atoms with van der Waals surface area (Å²) in [6.07, 6.45) is 2.78. The van der Waals surface area contributed by atoms with Gasteiger partial charge < -0.3 is 14.7 Å². The first kappa shape index (κ1) is 27.9. The zero-order chi connectivity index (χ0) is 25.2. The molecule has 1 heterocycles. The minimum absolute atomic E-state index is 0.0703. The summed E-state index contributed by atoms with van der Waals surface area (Å²) in [6.45, 7) is 14.5. The number of carbonyl (C=O) groups is 3. The Morgan fingerprint density at radius 3 is 2.24 bits per heavy atom.